The summed E-state index contributed by atoms with van der Waals surface area (Å²) in [5.41, 5.74) is 0.838. The lowest BCUT2D eigenvalue weighted by atomic mass is 10.0. The molecule has 1 aromatic carbocycles. The van der Waals surface area contributed by atoms with Crippen molar-refractivity contribution < 1.29 is 9.50 Å². The van der Waals surface area contributed by atoms with Gasteiger partial charge in [-0.05, 0) is 49.7 Å². The lowest BCUT2D eigenvalue weighted by Gasteiger charge is -2.09. The predicted molar refractivity (Wildman–Crippen MR) is 63.1 cm³/mol. The fraction of sp³-hybridized carbons (Fsp3) is 0.538. The number of hydrogen-bond donors (Lipinski definition) is 1. The first kappa shape index (κ1) is 11.9. The van der Waals surface area contributed by atoms with Crippen LogP contribution in [-0.2, 0) is 6.42 Å². The van der Waals surface area contributed by atoms with Gasteiger partial charge in [0.15, 0.2) is 0 Å². The number of aryl methyl sites for hydroxylation is 1. The van der Waals surface area contributed by atoms with E-state index in [1.165, 1.54) is 6.07 Å². The van der Waals surface area contributed by atoms with Gasteiger partial charge in [0.2, 0.25) is 0 Å². The summed E-state index contributed by atoms with van der Waals surface area (Å²) in [5.74, 6) is 0.157. The van der Waals surface area contributed by atoms with Crippen molar-refractivity contribution in [2.75, 3.05) is 0 Å². The highest BCUT2D eigenvalue weighted by Gasteiger charge is 2.28. The van der Waals surface area contributed by atoms with Crippen molar-refractivity contribution in [1.82, 2.24) is 0 Å². The minimum atomic E-state index is -0.359. The van der Waals surface area contributed by atoms with Gasteiger partial charge in [-0.2, -0.15) is 0 Å². The van der Waals surface area contributed by atoms with E-state index in [9.17, 15) is 9.50 Å². The Kier molecular flexibility index (Phi) is 3.82. The molecule has 1 nitrogen and oxygen atoms in total. The van der Waals surface area contributed by atoms with Gasteiger partial charge in [0.1, 0.15) is 5.82 Å². The van der Waals surface area contributed by atoms with E-state index in [1.54, 1.807) is 6.07 Å². The van der Waals surface area contributed by atoms with Crippen molar-refractivity contribution >= 4 is 11.6 Å². The molecule has 0 aliphatic heterocycles. The number of halogens is 2. The Morgan fingerprint density at radius 3 is 2.88 bits per heavy atom. The molecule has 0 heterocycles. The third kappa shape index (κ3) is 2.96. The first-order valence-corrected chi connectivity index (χ1v) is 6.17. The highest BCUT2D eigenvalue weighted by atomic mass is 35.5. The smallest absolute Gasteiger partial charge is 0.142 e. The van der Waals surface area contributed by atoms with Crippen LogP contribution in [0.5, 0.6) is 0 Å². The summed E-state index contributed by atoms with van der Waals surface area (Å²) in [6.07, 6.45) is 4.52. The van der Waals surface area contributed by atoms with Crippen LogP contribution in [0.4, 0.5) is 4.39 Å². The van der Waals surface area contributed by atoms with E-state index in [-0.39, 0.29) is 16.9 Å². The maximum Gasteiger partial charge on any atom is 0.142 e. The van der Waals surface area contributed by atoms with E-state index < -0.39 is 0 Å². The average Bonchev–Trinajstić information content (AvgIpc) is 3.07. The standard InChI is InChI=1S/C13H16ClFO/c14-13-10(3-1-5-11(13)15)4-2-6-12(16)9-7-8-9/h1,3,5,9,12,16H,2,4,6-8H2. The van der Waals surface area contributed by atoms with Gasteiger partial charge in [0.05, 0.1) is 11.1 Å². The van der Waals surface area contributed by atoms with Crippen molar-refractivity contribution in [2.24, 2.45) is 5.92 Å². The molecular weight excluding hydrogens is 227 g/mol. The van der Waals surface area contributed by atoms with Crippen molar-refractivity contribution in [2.45, 2.75) is 38.2 Å². The van der Waals surface area contributed by atoms with Gasteiger partial charge in [-0.3, -0.25) is 0 Å². The molecular formula is C13H16ClFO. The summed E-state index contributed by atoms with van der Waals surface area (Å²) in [4.78, 5) is 0. The molecule has 0 amide bonds. The largest absolute Gasteiger partial charge is 0.393 e. The van der Waals surface area contributed by atoms with Gasteiger partial charge in [-0.15, -0.1) is 0 Å². The van der Waals surface area contributed by atoms with Crippen LogP contribution in [0.25, 0.3) is 0 Å². The molecule has 16 heavy (non-hydrogen) atoms. The van der Waals surface area contributed by atoms with Crippen molar-refractivity contribution in [3.8, 4) is 0 Å². The van der Waals surface area contributed by atoms with Crippen LogP contribution in [0.1, 0.15) is 31.2 Å². The SMILES string of the molecule is OC(CCCc1cccc(F)c1Cl)C1CC1. The molecule has 3 heteroatoms. The molecule has 0 bridgehead atoms. The van der Waals surface area contributed by atoms with Gasteiger partial charge >= 0.3 is 0 Å². The second-order valence-corrected chi connectivity index (χ2v) is 4.89. The van der Waals surface area contributed by atoms with E-state index in [1.807, 2.05) is 6.07 Å². The fourth-order valence-corrected chi connectivity index (χ4v) is 2.18. The second-order valence-electron chi connectivity index (χ2n) is 4.51. The highest BCUT2D eigenvalue weighted by molar-refractivity contribution is 6.31. The van der Waals surface area contributed by atoms with Crippen LogP contribution < -0.4 is 0 Å². The first-order chi connectivity index (χ1) is 7.68. The molecule has 0 aromatic heterocycles. The summed E-state index contributed by atoms with van der Waals surface area (Å²) < 4.78 is 13.1. The topological polar surface area (TPSA) is 20.2 Å². The van der Waals surface area contributed by atoms with Crippen LogP contribution in [-0.4, -0.2) is 11.2 Å². The Bertz CT molecular complexity index is 363. The summed E-state index contributed by atoms with van der Waals surface area (Å²) in [7, 11) is 0. The number of rotatable bonds is 5. The third-order valence-electron chi connectivity index (χ3n) is 3.14. The van der Waals surface area contributed by atoms with E-state index in [4.69, 9.17) is 11.6 Å². The average molecular weight is 243 g/mol. The number of benzene rings is 1. The zero-order chi connectivity index (χ0) is 11.5. The number of hydrogen-bond acceptors (Lipinski definition) is 1. The Morgan fingerprint density at radius 2 is 2.19 bits per heavy atom. The lowest BCUT2D eigenvalue weighted by molar-refractivity contribution is 0.139. The Morgan fingerprint density at radius 1 is 1.44 bits per heavy atom. The lowest BCUT2D eigenvalue weighted by Crippen LogP contribution is -2.09. The van der Waals surface area contributed by atoms with Crippen molar-refractivity contribution in [1.29, 1.82) is 0 Å². The molecule has 1 aliphatic carbocycles. The van der Waals surface area contributed by atoms with Crippen molar-refractivity contribution in [3.05, 3.63) is 34.6 Å². The van der Waals surface area contributed by atoms with E-state index in [0.29, 0.717) is 5.92 Å². The molecule has 0 saturated heterocycles. The van der Waals surface area contributed by atoms with E-state index in [0.717, 1.165) is 37.7 Å². The maximum absolute atomic E-state index is 13.1. The molecule has 1 saturated carbocycles. The Hall–Kier alpha value is -0.600. The number of aliphatic hydroxyl groups is 1. The van der Waals surface area contributed by atoms with Crippen LogP contribution in [0.3, 0.4) is 0 Å². The number of aliphatic hydroxyl groups excluding tert-OH is 1. The van der Waals surface area contributed by atoms with Gasteiger partial charge < -0.3 is 5.11 Å². The summed E-state index contributed by atoms with van der Waals surface area (Å²) in [6.45, 7) is 0. The summed E-state index contributed by atoms with van der Waals surface area (Å²) in [6, 6.07) is 4.88. The monoisotopic (exact) mass is 242 g/mol. The molecule has 0 spiro atoms. The quantitative estimate of drug-likeness (QED) is 0.837. The molecule has 1 aromatic rings. The summed E-state index contributed by atoms with van der Waals surface area (Å²) >= 11 is 5.85. The van der Waals surface area contributed by atoms with Gasteiger partial charge in [-0.25, -0.2) is 4.39 Å². The van der Waals surface area contributed by atoms with Crippen LogP contribution in [0.2, 0.25) is 5.02 Å². The van der Waals surface area contributed by atoms with E-state index in [2.05, 4.69) is 0 Å². The van der Waals surface area contributed by atoms with Gasteiger partial charge in [0.25, 0.3) is 0 Å². The predicted octanol–water partition coefficient (Wildman–Crippen LogP) is 3.57. The molecule has 2 rings (SSSR count). The molecule has 1 unspecified atom stereocenters. The molecule has 1 N–H and O–H groups in total. The van der Waals surface area contributed by atoms with E-state index >= 15 is 0 Å². The molecule has 1 aliphatic rings. The maximum atomic E-state index is 13.1. The Balaban J connectivity index is 1.82. The zero-order valence-corrected chi connectivity index (χ0v) is 9.88. The zero-order valence-electron chi connectivity index (χ0n) is 9.13. The van der Waals surface area contributed by atoms with Crippen molar-refractivity contribution in [3.63, 3.8) is 0 Å². The summed E-state index contributed by atoms with van der Waals surface area (Å²) in [5, 5.41) is 9.91. The van der Waals surface area contributed by atoms with Crippen LogP contribution >= 0.6 is 11.6 Å². The minimum absolute atomic E-state index is 0.174. The molecule has 88 valence electrons. The second kappa shape index (κ2) is 5.15. The normalized spacial score (nSPS) is 17.4. The highest BCUT2D eigenvalue weighted by Crippen LogP contribution is 2.34. The Labute approximate surface area is 100 Å². The van der Waals surface area contributed by atoms with Crippen LogP contribution in [0, 0.1) is 11.7 Å². The molecule has 0 radical (unpaired) electrons. The minimum Gasteiger partial charge on any atom is -0.393 e. The van der Waals surface area contributed by atoms with Gasteiger partial charge in [-0.1, -0.05) is 23.7 Å². The first-order valence-electron chi connectivity index (χ1n) is 5.79. The van der Waals surface area contributed by atoms with Crippen LogP contribution in [0.15, 0.2) is 18.2 Å². The van der Waals surface area contributed by atoms with Gasteiger partial charge in [0, 0.05) is 0 Å². The third-order valence-corrected chi connectivity index (χ3v) is 3.57. The molecule has 1 atom stereocenters. The molecule has 1 fully saturated rings. The fourth-order valence-electron chi connectivity index (χ4n) is 1.96.